The lowest BCUT2D eigenvalue weighted by molar-refractivity contribution is -0.154. The maximum Gasteiger partial charge on any atom is 0.303 e. The summed E-state index contributed by atoms with van der Waals surface area (Å²) in [4.78, 5) is 55.8. The molecule has 2 heterocycles. The maximum atomic E-state index is 14.2. The molecule has 0 radical (unpaired) electrons. The molecule has 8 rings (SSSR count). The number of carbonyl (C=O) groups is 4. The molecule has 0 saturated carbocycles. The summed E-state index contributed by atoms with van der Waals surface area (Å²) < 4.78 is 31.4. The van der Waals surface area contributed by atoms with Crippen LogP contribution in [0.3, 0.4) is 0 Å². The van der Waals surface area contributed by atoms with Gasteiger partial charge in [-0.1, -0.05) is 133 Å². The minimum absolute atomic E-state index is 0.145. The molecule has 0 spiro atoms. The summed E-state index contributed by atoms with van der Waals surface area (Å²) in [6, 6.07) is 50.2. The van der Waals surface area contributed by atoms with Crippen LogP contribution in [0, 0.1) is 35.4 Å². The fourth-order valence-corrected chi connectivity index (χ4v) is 8.76. The Morgan fingerprint density at radius 1 is 0.676 bits per heavy atom. The molecule has 1 amide bonds. The van der Waals surface area contributed by atoms with Gasteiger partial charge in [0, 0.05) is 37.6 Å². The molecule has 356 valence electrons. The Morgan fingerprint density at radius 2 is 1.20 bits per heavy atom. The second-order valence-corrected chi connectivity index (χ2v) is 17.1. The molecule has 1 aromatic heterocycles. The first-order valence-corrected chi connectivity index (χ1v) is 22.9. The monoisotopic (exact) mass is 948 g/mol. The number of anilines is 1. The van der Waals surface area contributed by atoms with E-state index in [0.717, 1.165) is 22.3 Å². The molecule has 1 aliphatic heterocycles. The third kappa shape index (κ3) is 11.3. The van der Waals surface area contributed by atoms with Crippen LogP contribution in [0.25, 0.3) is 0 Å². The summed E-state index contributed by atoms with van der Waals surface area (Å²) in [6.07, 6.45) is 1.62. The Morgan fingerprint density at radius 3 is 1.72 bits per heavy atom. The summed E-state index contributed by atoms with van der Waals surface area (Å²) in [5.74, 6) is 9.32. The van der Waals surface area contributed by atoms with Crippen molar-refractivity contribution in [3.05, 3.63) is 221 Å². The summed E-state index contributed by atoms with van der Waals surface area (Å²) in [5, 5.41) is 16.0. The molecule has 71 heavy (non-hydrogen) atoms. The quantitative estimate of drug-likeness (QED) is 0.0348. The van der Waals surface area contributed by atoms with Crippen molar-refractivity contribution in [3.8, 4) is 23.7 Å². The first-order valence-electron chi connectivity index (χ1n) is 22.9. The van der Waals surface area contributed by atoms with Crippen LogP contribution in [0.4, 0.5) is 10.1 Å². The summed E-state index contributed by atoms with van der Waals surface area (Å²) in [5.41, 5.74) is 3.36. The number of hydrogen-bond acceptors (Lipinski definition) is 10. The van der Waals surface area contributed by atoms with E-state index in [0.29, 0.717) is 41.0 Å². The van der Waals surface area contributed by atoms with E-state index in [1.807, 2.05) is 95.7 Å². The van der Waals surface area contributed by atoms with Crippen LogP contribution in [-0.4, -0.2) is 62.5 Å². The van der Waals surface area contributed by atoms with Crippen LogP contribution in [-0.2, 0) is 38.9 Å². The van der Waals surface area contributed by atoms with Crippen molar-refractivity contribution in [2.75, 3.05) is 18.1 Å². The first kappa shape index (κ1) is 48.8. The van der Waals surface area contributed by atoms with E-state index in [-0.39, 0.29) is 5.91 Å². The number of hydrogen-bond donors (Lipinski definition) is 1. The predicted molar refractivity (Wildman–Crippen MR) is 262 cm³/mol. The molecule has 7 aromatic rings. The number of nitrogens with zero attached hydrogens (tertiary/aromatic N) is 4. The number of rotatable bonds is 15. The fraction of sp³-hybridized carbons (Fsp3) is 0.207. The number of amides is 1. The number of esters is 3. The smallest absolute Gasteiger partial charge is 0.303 e. The lowest BCUT2D eigenvalue weighted by Crippen LogP contribution is -2.55. The number of β-lactam (4-membered cyclic amide) rings is 1. The average Bonchev–Trinajstić information content (AvgIpc) is 3.86. The van der Waals surface area contributed by atoms with E-state index in [1.165, 1.54) is 32.9 Å². The Kier molecular flexibility index (Phi) is 14.9. The number of ether oxygens (including phenoxy) is 3. The van der Waals surface area contributed by atoms with Crippen LogP contribution >= 0.6 is 0 Å². The third-order valence-corrected chi connectivity index (χ3v) is 12.1. The molecule has 3 atom stereocenters. The molecule has 1 unspecified atom stereocenters. The predicted octanol–water partition coefficient (Wildman–Crippen LogP) is 8.65. The molecule has 1 aliphatic rings. The van der Waals surface area contributed by atoms with E-state index in [4.69, 9.17) is 19.3 Å². The Labute approximate surface area is 411 Å². The Balaban J connectivity index is 1.07. The zero-order valence-corrected chi connectivity index (χ0v) is 39.2. The first-order chi connectivity index (χ1) is 34.3. The van der Waals surface area contributed by atoms with Crippen molar-refractivity contribution >= 4 is 29.5 Å². The van der Waals surface area contributed by atoms with Gasteiger partial charge < -0.3 is 24.2 Å². The second kappa shape index (κ2) is 21.8. The van der Waals surface area contributed by atoms with E-state index in [1.54, 1.807) is 35.5 Å². The third-order valence-electron chi connectivity index (χ3n) is 12.1. The van der Waals surface area contributed by atoms with Gasteiger partial charge in [0.1, 0.15) is 37.0 Å². The number of benzene rings is 6. The number of carbonyl (C=O) groups excluding carboxylic acids is 4. The van der Waals surface area contributed by atoms with Crippen molar-refractivity contribution in [3.63, 3.8) is 0 Å². The zero-order chi connectivity index (χ0) is 50.0. The highest BCUT2D eigenvalue weighted by Crippen LogP contribution is 2.47. The highest BCUT2D eigenvalue weighted by atomic mass is 19.1. The molecule has 0 bridgehead atoms. The lowest BCUT2D eigenvalue weighted by Gasteiger charge is -2.48. The fourth-order valence-electron chi connectivity index (χ4n) is 8.76. The van der Waals surface area contributed by atoms with Gasteiger partial charge in [0.05, 0.1) is 12.0 Å². The topological polar surface area (TPSA) is 150 Å². The SMILES string of the molecule is CC(=O)OCC(O)(C#Cc1ccc([C@@H]2[C@@H](CCC(OC(C)=O)c3ccc(F)cc3)C(=O)N2c2ccc(C#Cc3ncn(C(c4ccccc4)(c4ccccc4)c4ccccc4)n3)cc2)cc1)COC(C)=O. The van der Waals surface area contributed by atoms with Crippen LogP contribution in [0.1, 0.15) is 90.5 Å². The molecule has 0 aliphatic carbocycles. The van der Waals surface area contributed by atoms with Crippen LogP contribution in [0.15, 0.2) is 170 Å². The van der Waals surface area contributed by atoms with Gasteiger partial charge in [-0.25, -0.2) is 14.1 Å². The molecule has 1 saturated heterocycles. The maximum absolute atomic E-state index is 14.2. The zero-order valence-electron chi connectivity index (χ0n) is 39.2. The van der Waals surface area contributed by atoms with Crippen molar-refractivity contribution < 1.29 is 42.9 Å². The van der Waals surface area contributed by atoms with Gasteiger partial charge in [0.25, 0.3) is 0 Å². The second-order valence-electron chi connectivity index (χ2n) is 17.1. The molecule has 1 N–H and O–H groups in total. The molecule has 6 aromatic carbocycles. The highest BCUT2D eigenvalue weighted by Gasteiger charge is 2.48. The van der Waals surface area contributed by atoms with E-state index >= 15 is 0 Å². The summed E-state index contributed by atoms with van der Waals surface area (Å²) in [6.45, 7) is 2.65. The average molecular weight is 949 g/mol. The number of aromatic nitrogens is 3. The van der Waals surface area contributed by atoms with Gasteiger partial charge in [0.15, 0.2) is 5.60 Å². The number of aliphatic hydroxyl groups is 1. The number of halogens is 1. The molecule has 12 nitrogen and oxygen atoms in total. The summed E-state index contributed by atoms with van der Waals surface area (Å²) >= 11 is 0. The van der Waals surface area contributed by atoms with Crippen molar-refractivity contribution in [2.45, 2.75) is 56.9 Å². The van der Waals surface area contributed by atoms with E-state index in [2.05, 4.69) is 65.1 Å². The van der Waals surface area contributed by atoms with Crippen molar-refractivity contribution in [1.82, 2.24) is 14.8 Å². The van der Waals surface area contributed by atoms with Crippen LogP contribution < -0.4 is 4.90 Å². The van der Waals surface area contributed by atoms with Gasteiger partial charge in [-0.05, 0) is 95.1 Å². The molecular formula is C58H49FN4O8. The summed E-state index contributed by atoms with van der Waals surface area (Å²) in [7, 11) is 0. The molecule has 1 fully saturated rings. The van der Waals surface area contributed by atoms with Crippen molar-refractivity contribution in [1.29, 1.82) is 0 Å². The molecular weight excluding hydrogens is 900 g/mol. The van der Waals surface area contributed by atoms with Crippen LogP contribution in [0.5, 0.6) is 0 Å². The minimum atomic E-state index is -1.96. The van der Waals surface area contributed by atoms with Gasteiger partial charge >= 0.3 is 17.9 Å². The van der Waals surface area contributed by atoms with Crippen molar-refractivity contribution in [2.24, 2.45) is 5.92 Å². The highest BCUT2D eigenvalue weighted by molar-refractivity contribution is 6.03. The van der Waals surface area contributed by atoms with Gasteiger partial charge in [0.2, 0.25) is 11.7 Å². The lowest BCUT2D eigenvalue weighted by atomic mass is 9.77. The normalized spacial score (nSPS) is 14.7. The van der Waals surface area contributed by atoms with Gasteiger partial charge in [-0.3, -0.25) is 19.2 Å². The van der Waals surface area contributed by atoms with E-state index < -0.39 is 66.1 Å². The Bertz CT molecular complexity index is 3010. The minimum Gasteiger partial charge on any atom is -0.462 e. The Hall–Kier alpha value is -8.65. The van der Waals surface area contributed by atoms with Gasteiger partial charge in [-0.2, -0.15) is 0 Å². The van der Waals surface area contributed by atoms with Gasteiger partial charge in [-0.15, -0.1) is 5.10 Å². The largest absolute Gasteiger partial charge is 0.462 e. The van der Waals surface area contributed by atoms with Crippen LogP contribution in [0.2, 0.25) is 0 Å². The van der Waals surface area contributed by atoms with E-state index in [9.17, 15) is 28.7 Å². The molecule has 13 heteroatoms. The standard InChI is InChI=1S/C58H49FN4O8/c1-40(64)69-37-57(68,38-70-41(2)65)36-35-44-19-24-46(25-20-44)55-52(32-33-53(71-42(3)66)45-26-28-50(59)29-27-45)56(67)63(55)51-30-21-43(22-31-51)23-34-54-60-39-62(61-54)58(47-13-7-4-8-14-47,48-15-9-5-10-16-48)49-17-11-6-12-18-49/h4-22,24-31,39,52-53,55,68H,32-33,37-38H2,1-3H3/t52-,53?,55-/m1/s1.